The van der Waals surface area contributed by atoms with Gasteiger partial charge in [0, 0.05) is 43.8 Å². The average Bonchev–Trinajstić information content (AvgIpc) is 3.23. The molecule has 0 saturated heterocycles. The molecule has 0 unspecified atom stereocenters. The molecule has 0 radical (unpaired) electrons. The maximum absolute atomic E-state index is 5.41. The summed E-state index contributed by atoms with van der Waals surface area (Å²) >= 11 is 0. The highest BCUT2D eigenvalue weighted by atomic mass is 16.5. The van der Waals surface area contributed by atoms with Gasteiger partial charge in [0.05, 0.1) is 27.9 Å². The van der Waals surface area contributed by atoms with Crippen molar-refractivity contribution in [1.29, 1.82) is 0 Å². The number of nitrogens with one attached hydrogen (secondary N) is 2. The summed E-state index contributed by atoms with van der Waals surface area (Å²) in [5, 5.41) is 6.54. The lowest BCUT2D eigenvalue weighted by Gasteiger charge is -2.16. The lowest BCUT2D eigenvalue weighted by molar-refractivity contribution is 0.324. The molecular weight excluding hydrogens is 382 g/mol. The van der Waals surface area contributed by atoms with E-state index < -0.39 is 0 Å². The number of nitrogens with zero attached hydrogens (tertiary/aromatic N) is 3. The Hall–Kier alpha value is -3.68. The van der Waals surface area contributed by atoms with Crippen LogP contribution in [0.1, 0.15) is 11.4 Å². The monoisotopic (exact) mass is 409 g/mol. The van der Waals surface area contributed by atoms with Crippen LogP contribution >= 0.6 is 0 Å². The molecule has 0 spiro atoms. The highest BCUT2D eigenvalue weighted by Gasteiger charge is 2.14. The second-order valence-electron chi connectivity index (χ2n) is 6.42. The highest BCUT2D eigenvalue weighted by molar-refractivity contribution is 5.94. The fraction of sp³-hybridized carbons (Fsp3) is 0.273. The van der Waals surface area contributed by atoms with Crippen LogP contribution in [0.4, 0.5) is 5.69 Å². The normalized spacial score (nSPS) is 11.1. The Labute approximate surface area is 176 Å². The maximum Gasteiger partial charge on any atom is 0.203 e. The number of anilines is 1. The predicted molar refractivity (Wildman–Crippen MR) is 118 cm³/mol. The van der Waals surface area contributed by atoms with Crippen LogP contribution in [0.25, 0.3) is 0 Å². The third-order valence-corrected chi connectivity index (χ3v) is 4.56. The first-order chi connectivity index (χ1) is 14.7. The molecule has 1 aromatic heterocycles. The van der Waals surface area contributed by atoms with E-state index in [1.54, 1.807) is 34.6 Å². The molecule has 0 aliphatic rings. The van der Waals surface area contributed by atoms with Gasteiger partial charge in [-0.25, -0.2) is 4.98 Å². The molecule has 0 aliphatic carbocycles. The van der Waals surface area contributed by atoms with Crippen molar-refractivity contribution in [2.75, 3.05) is 33.7 Å². The van der Waals surface area contributed by atoms with Gasteiger partial charge in [-0.3, -0.25) is 4.99 Å². The quantitative estimate of drug-likeness (QED) is 0.439. The van der Waals surface area contributed by atoms with Gasteiger partial charge in [-0.15, -0.1) is 0 Å². The number of aliphatic imine (C=N–C) groups is 1. The first-order valence-electron chi connectivity index (χ1n) is 9.50. The third-order valence-electron chi connectivity index (χ3n) is 4.56. The average molecular weight is 409 g/mol. The van der Waals surface area contributed by atoms with Crippen LogP contribution in [0.3, 0.4) is 0 Å². The van der Waals surface area contributed by atoms with E-state index in [0.717, 1.165) is 18.1 Å². The summed E-state index contributed by atoms with van der Waals surface area (Å²) in [4.78, 5) is 8.76. The van der Waals surface area contributed by atoms with E-state index in [0.29, 0.717) is 29.8 Å². The van der Waals surface area contributed by atoms with Crippen LogP contribution < -0.4 is 24.8 Å². The molecule has 0 amide bonds. The predicted octanol–water partition coefficient (Wildman–Crippen LogP) is 3.14. The molecule has 0 bridgehead atoms. The fourth-order valence-electron chi connectivity index (χ4n) is 3.06. The molecule has 158 valence electrons. The molecule has 2 aromatic carbocycles. The number of benzene rings is 2. The number of hydrogen-bond donors (Lipinski definition) is 2. The van der Waals surface area contributed by atoms with Crippen LogP contribution in [-0.4, -0.2) is 43.9 Å². The minimum atomic E-state index is 0.518. The SMILES string of the molecule is CN=C(NCc1nccn1Cc1ccccc1)Nc1cc(OC)c(OC)c(OC)c1. The van der Waals surface area contributed by atoms with E-state index in [1.165, 1.54) is 5.56 Å². The number of guanidine groups is 1. The van der Waals surface area contributed by atoms with Crippen LogP contribution in [0.15, 0.2) is 59.9 Å². The number of imidazole rings is 1. The standard InChI is InChI=1S/C22H27N5O3/c1-23-22(26-17-12-18(28-2)21(30-4)19(13-17)29-3)25-14-20-24-10-11-27(20)15-16-8-6-5-7-9-16/h5-13H,14-15H2,1-4H3,(H2,23,25,26). The Kier molecular flexibility index (Phi) is 7.15. The molecule has 0 aliphatic heterocycles. The zero-order chi connectivity index (χ0) is 21.3. The van der Waals surface area contributed by atoms with Gasteiger partial charge >= 0.3 is 0 Å². The minimum absolute atomic E-state index is 0.518. The van der Waals surface area contributed by atoms with Crippen molar-refractivity contribution >= 4 is 11.6 Å². The van der Waals surface area contributed by atoms with Crippen molar-refractivity contribution < 1.29 is 14.2 Å². The van der Waals surface area contributed by atoms with E-state index in [9.17, 15) is 0 Å². The molecule has 8 heteroatoms. The van der Waals surface area contributed by atoms with E-state index in [-0.39, 0.29) is 0 Å². The molecule has 0 atom stereocenters. The first-order valence-corrected chi connectivity index (χ1v) is 9.50. The topological polar surface area (TPSA) is 81.9 Å². The molecule has 3 rings (SSSR count). The number of methoxy groups -OCH3 is 3. The molecule has 8 nitrogen and oxygen atoms in total. The lowest BCUT2D eigenvalue weighted by atomic mass is 10.2. The van der Waals surface area contributed by atoms with Crippen molar-refractivity contribution in [3.05, 3.63) is 66.2 Å². The Balaban J connectivity index is 1.69. The minimum Gasteiger partial charge on any atom is -0.493 e. The van der Waals surface area contributed by atoms with E-state index in [4.69, 9.17) is 14.2 Å². The number of aromatic nitrogens is 2. The Morgan fingerprint density at radius 2 is 1.73 bits per heavy atom. The highest BCUT2D eigenvalue weighted by Crippen LogP contribution is 2.39. The van der Waals surface area contributed by atoms with Gasteiger partial charge in [0.25, 0.3) is 0 Å². The van der Waals surface area contributed by atoms with E-state index in [2.05, 4.69) is 37.3 Å². The van der Waals surface area contributed by atoms with Crippen LogP contribution in [-0.2, 0) is 13.1 Å². The molecule has 0 fully saturated rings. The lowest BCUT2D eigenvalue weighted by Crippen LogP contribution is -2.31. The van der Waals surface area contributed by atoms with Crippen LogP contribution in [0.2, 0.25) is 0 Å². The molecule has 30 heavy (non-hydrogen) atoms. The second-order valence-corrected chi connectivity index (χ2v) is 6.42. The fourth-order valence-corrected chi connectivity index (χ4v) is 3.06. The van der Waals surface area contributed by atoms with Crippen molar-refractivity contribution in [3.63, 3.8) is 0 Å². The summed E-state index contributed by atoms with van der Waals surface area (Å²) in [6.45, 7) is 1.28. The zero-order valence-electron chi connectivity index (χ0n) is 17.7. The zero-order valence-corrected chi connectivity index (χ0v) is 17.7. The molecule has 3 aromatic rings. The molecule has 0 saturated carbocycles. The van der Waals surface area contributed by atoms with Crippen molar-refractivity contribution in [2.24, 2.45) is 4.99 Å². The number of rotatable bonds is 8. The van der Waals surface area contributed by atoms with E-state index in [1.807, 2.05) is 36.5 Å². The maximum atomic E-state index is 5.41. The Morgan fingerprint density at radius 1 is 1.03 bits per heavy atom. The van der Waals surface area contributed by atoms with Crippen molar-refractivity contribution in [1.82, 2.24) is 14.9 Å². The van der Waals surface area contributed by atoms with Crippen molar-refractivity contribution in [2.45, 2.75) is 13.1 Å². The summed E-state index contributed by atoms with van der Waals surface area (Å²) in [6, 6.07) is 13.9. The molecule has 1 heterocycles. The molecular formula is C22H27N5O3. The summed E-state index contributed by atoms with van der Waals surface area (Å²) in [7, 11) is 6.46. The largest absolute Gasteiger partial charge is 0.493 e. The second kappa shape index (κ2) is 10.2. The smallest absolute Gasteiger partial charge is 0.203 e. The van der Waals surface area contributed by atoms with Gasteiger partial charge in [0.2, 0.25) is 5.75 Å². The molecule has 2 N–H and O–H groups in total. The van der Waals surface area contributed by atoms with Gasteiger partial charge in [0.15, 0.2) is 17.5 Å². The summed E-state index contributed by atoms with van der Waals surface area (Å²) in [5.74, 6) is 3.17. The Bertz CT molecular complexity index is 960. The Morgan fingerprint density at radius 3 is 2.33 bits per heavy atom. The van der Waals surface area contributed by atoms with Crippen LogP contribution in [0, 0.1) is 0 Å². The first kappa shape index (κ1) is 21.0. The number of hydrogen-bond acceptors (Lipinski definition) is 5. The summed E-state index contributed by atoms with van der Waals surface area (Å²) in [5.41, 5.74) is 1.97. The number of ether oxygens (including phenoxy) is 3. The van der Waals surface area contributed by atoms with Gasteiger partial charge < -0.3 is 29.4 Å². The van der Waals surface area contributed by atoms with Gasteiger partial charge in [0.1, 0.15) is 5.82 Å². The third kappa shape index (κ3) is 5.02. The van der Waals surface area contributed by atoms with Crippen LogP contribution in [0.5, 0.6) is 17.2 Å². The van der Waals surface area contributed by atoms with Gasteiger partial charge in [-0.2, -0.15) is 0 Å². The van der Waals surface area contributed by atoms with E-state index >= 15 is 0 Å². The van der Waals surface area contributed by atoms with Gasteiger partial charge in [-0.1, -0.05) is 30.3 Å². The van der Waals surface area contributed by atoms with Gasteiger partial charge in [-0.05, 0) is 5.56 Å². The summed E-state index contributed by atoms with van der Waals surface area (Å²) in [6.07, 6.45) is 3.77. The summed E-state index contributed by atoms with van der Waals surface area (Å²) < 4.78 is 18.3. The van der Waals surface area contributed by atoms with Crippen molar-refractivity contribution in [3.8, 4) is 17.2 Å².